The van der Waals surface area contributed by atoms with Crippen LogP contribution in [0, 0.1) is 10.1 Å². The number of methoxy groups -OCH3 is 1. The second kappa shape index (κ2) is 5.01. The Morgan fingerprint density at radius 3 is 2.75 bits per heavy atom. The summed E-state index contributed by atoms with van der Waals surface area (Å²) in [6.07, 6.45) is 0.512. The van der Waals surface area contributed by atoms with Crippen LogP contribution in [0.15, 0.2) is 18.2 Å². The molecule has 84 valence electrons. The second-order valence-corrected chi connectivity index (χ2v) is 2.96. The van der Waals surface area contributed by atoms with Gasteiger partial charge in [-0.1, -0.05) is 6.07 Å². The van der Waals surface area contributed by atoms with E-state index in [0.29, 0.717) is 6.29 Å². The minimum Gasteiger partial charge on any atom is -0.465 e. The predicted molar refractivity (Wildman–Crippen MR) is 54.2 cm³/mol. The average molecular weight is 223 g/mol. The molecule has 1 aromatic carbocycles. The van der Waals surface area contributed by atoms with Crippen LogP contribution in [0.5, 0.6) is 0 Å². The van der Waals surface area contributed by atoms with E-state index >= 15 is 0 Å². The molecule has 0 atom stereocenters. The van der Waals surface area contributed by atoms with Crippen LogP contribution in [0.4, 0.5) is 5.69 Å². The standard InChI is InChI=1S/C10H9NO5/c1-16-10(13)8-3-2-7(4-5-12)9(6-8)11(14)15/h2-3,5-6H,4H2,1H3. The van der Waals surface area contributed by atoms with Gasteiger partial charge in [-0.3, -0.25) is 10.1 Å². The maximum absolute atomic E-state index is 11.1. The molecule has 0 aromatic heterocycles. The maximum atomic E-state index is 11.1. The minimum atomic E-state index is -0.652. The Bertz CT molecular complexity index is 441. The van der Waals surface area contributed by atoms with Gasteiger partial charge >= 0.3 is 5.97 Å². The summed E-state index contributed by atoms with van der Waals surface area (Å²) in [5.74, 6) is -0.652. The van der Waals surface area contributed by atoms with Crippen LogP contribution < -0.4 is 0 Å². The van der Waals surface area contributed by atoms with E-state index in [1.807, 2.05) is 0 Å². The number of ether oxygens (including phenoxy) is 1. The topological polar surface area (TPSA) is 86.5 Å². The van der Waals surface area contributed by atoms with Crippen LogP contribution in [0.2, 0.25) is 0 Å². The number of esters is 1. The molecule has 6 nitrogen and oxygen atoms in total. The number of carbonyl (C=O) groups excluding carboxylic acids is 2. The van der Waals surface area contributed by atoms with E-state index in [1.165, 1.54) is 19.2 Å². The normalized spacial score (nSPS) is 9.56. The number of aldehydes is 1. The number of rotatable bonds is 4. The van der Waals surface area contributed by atoms with Crippen molar-refractivity contribution >= 4 is 17.9 Å². The molecule has 0 unspecified atom stereocenters. The molecule has 0 aliphatic rings. The van der Waals surface area contributed by atoms with Crippen LogP contribution in [-0.4, -0.2) is 24.3 Å². The Hall–Kier alpha value is -2.24. The Balaban J connectivity index is 3.22. The summed E-state index contributed by atoms with van der Waals surface area (Å²) in [4.78, 5) is 31.5. The van der Waals surface area contributed by atoms with Crippen molar-refractivity contribution in [3.63, 3.8) is 0 Å². The second-order valence-electron chi connectivity index (χ2n) is 2.96. The SMILES string of the molecule is COC(=O)c1ccc(CC=O)c([N+](=O)[O-])c1. The van der Waals surface area contributed by atoms with Gasteiger partial charge in [0.2, 0.25) is 0 Å². The number of nitro benzene ring substituents is 1. The predicted octanol–water partition coefficient (Wildman–Crippen LogP) is 1.12. The van der Waals surface area contributed by atoms with Gasteiger partial charge in [0.1, 0.15) is 6.29 Å². The van der Waals surface area contributed by atoms with Gasteiger partial charge in [-0.25, -0.2) is 4.79 Å². The quantitative estimate of drug-likeness (QED) is 0.330. The fourth-order valence-electron chi connectivity index (χ4n) is 1.24. The maximum Gasteiger partial charge on any atom is 0.338 e. The molecule has 0 radical (unpaired) electrons. The molecule has 16 heavy (non-hydrogen) atoms. The lowest BCUT2D eigenvalue weighted by Crippen LogP contribution is -2.04. The summed E-state index contributed by atoms with van der Waals surface area (Å²) in [6, 6.07) is 3.86. The molecular formula is C10H9NO5. The van der Waals surface area contributed by atoms with Gasteiger partial charge in [-0.2, -0.15) is 0 Å². The smallest absolute Gasteiger partial charge is 0.338 e. The summed E-state index contributed by atoms with van der Waals surface area (Å²) in [7, 11) is 1.19. The largest absolute Gasteiger partial charge is 0.465 e. The molecule has 0 aliphatic heterocycles. The lowest BCUT2D eigenvalue weighted by Gasteiger charge is -2.02. The van der Waals surface area contributed by atoms with E-state index in [2.05, 4.69) is 4.74 Å². The lowest BCUT2D eigenvalue weighted by molar-refractivity contribution is -0.385. The third-order valence-corrected chi connectivity index (χ3v) is 2.01. The highest BCUT2D eigenvalue weighted by Crippen LogP contribution is 2.20. The molecule has 0 N–H and O–H groups in total. The van der Waals surface area contributed by atoms with Crippen LogP contribution in [-0.2, 0) is 16.0 Å². The molecule has 0 fully saturated rings. The summed E-state index contributed by atoms with van der Waals surface area (Å²) < 4.78 is 4.44. The molecule has 1 aromatic rings. The lowest BCUT2D eigenvalue weighted by atomic mass is 10.1. The fraction of sp³-hybridized carbons (Fsp3) is 0.200. The first-order valence-electron chi connectivity index (χ1n) is 4.39. The van der Waals surface area contributed by atoms with E-state index in [4.69, 9.17) is 0 Å². The number of carbonyl (C=O) groups is 2. The molecular weight excluding hydrogens is 214 g/mol. The van der Waals surface area contributed by atoms with Gasteiger partial charge in [-0.05, 0) is 6.07 Å². The third-order valence-electron chi connectivity index (χ3n) is 2.01. The van der Waals surface area contributed by atoms with Gasteiger partial charge < -0.3 is 9.53 Å². The molecule has 0 saturated carbocycles. The van der Waals surface area contributed by atoms with Crippen LogP contribution >= 0.6 is 0 Å². The van der Waals surface area contributed by atoms with E-state index in [1.54, 1.807) is 0 Å². The molecule has 6 heteroatoms. The number of nitro groups is 1. The van der Waals surface area contributed by atoms with Crippen molar-refractivity contribution < 1.29 is 19.2 Å². The van der Waals surface area contributed by atoms with E-state index < -0.39 is 10.9 Å². The number of nitrogens with zero attached hydrogens (tertiary/aromatic N) is 1. The van der Waals surface area contributed by atoms with Crippen LogP contribution in [0.25, 0.3) is 0 Å². The number of benzene rings is 1. The monoisotopic (exact) mass is 223 g/mol. The summed E-state index contributed by atoms with van der Waals surface area (Å²) in [5.41, 5.74) is 0.103. The van der Waals surface area contributed by atoms with Gasteiger partial charge in [0.15, 0.2) is 0 Å². The zero-order valence-corrected chi connectivity index (χ0v) is 8.50. The van der Waals surface area contributed by atoms with Crippen LogP contribution in [0.3, 0.4) is 0 Å². The number of hydrogen-bond donors (Lipinski definition) is 0. The van der Waals surface area contributed by atoms with Crippen molar-refractivity contribution in [1.82, 2.24) is 0 Å². The molecule has 0 saturated heterocycles. The molecule has 1 rings (SSSR count). The minimum absolute atomic E-state index is 0.0578. The van der Waals surface area contributed by atoms with Crippen molar-refractivity contribution in [2.45, 2.75) is 6.42 Å². The molecule has 0 spiro atoms. The average Bonchev–Trinajstić information content (AvgIpc) is 2.28. The first kappa shape index (κ1) is 11.8. The first-order valence-corrected chi connectivity index (χ1v) is 4.39. The molecule has 0 amide bonds. The Morgan fingerprint density at radius 1 is 1.56 bits per heavy atom. The highest BCUT2D eigenvalue weighted by Gasteiger charge is 2.17. The van der Waals surface area contributed by atoms with Gasteiger partial charge in [0.25, 0.3) is 5.69 Å². The van der Waals surface area contributed by atoms with E-state index in [0.717, 1.165) is 6.07 Å². The van der Waals surface area contributed by atoms with Gasteiger partial charge in [-0.15, -0.1) is 0 Å². The van der Waals surface area contributed by atoms with E-state index in [9.17, 15) is 19.7 Å². The third kappa shape index (κ3) is 2.41. The van der Waals surface area contributed by atoms with Crippen molar-refractivity contribution in [2.75, 3.05) is 7.11 Å². The molecule has 0 aliphatic carbocycles. The number of hydrogen-bond acceptors (Lipinski definition) is 5. The highest BCUT2D eigenvalue weighted by atomic mass is 16.6. The first-order chi connectivity index (χ1) is 7.60. The van der Waals surface area contributed by atoms with Crippen molar-refractivity contribution in [3.8, 4) is 0 Å². The highest BCUT2D eigenvalue weighted by molar-refractivity contribution is 5.90. The summed E-state index contributed by atoms with van der Waals surface area (Å²) >= 11 is 0. The summed E-state index contributed by atoms with van der Waals surface area (Å²) in [5, 5.41) is 10.7. The van der Waals surface area contributed by atoms with E-state index in [-0.39, 0.29) is 23.2 Å². The van der Waals surface area contributed by atoms with Crippen molar-refractivity contribution in [3.05, 3.63) is 39.4 Å². The zero-order chi connectivity index (χ0) is 12.1. The Morgan fingerprint density at radius 2 is 2.25 bits per heavy atom. The van der Waals surface area contributed by atoms with Crippen molar-refractivity contribution in [1.29, 1.82) is 0 Å². The fourth-order valence-corrected chi connectivity index (χ4v) is 1.24. The van der Waals surface area contributed by atoms with Gasteiger partial charge in [0, 0.05) is 18.1 Å². The summed E-state index contributed by atoms with van der Waals surface area (Å²) in [6.45, 7) is 0. The Labute approximate surface area is 91.0 Å². The molecule has 0 bridgehead atoms. The van der Waals surface area contributed by atoms with Gasteiger partial charge in [0.05, 0.1) is 17.6 Å². The molecule has 0 heterocycles. The zero-order valence-electron chi connectivity index (χ0n) is 8.50. The van der Waals surface area contributed by atoms with Crippen LogP contribution in [0.1, 0.15) is 15.9 Å². The Kier molecular flexibility index (Phi) is 3.71. The van der Waals surface area contributed by atoms with Crippen molar-refractivity contribution in [2.24, 2.45) is 0 Å².